The largest absolute Gasteiger partial charge is 0.481 e. The Bertz CT molecular complexity index is 547. The van der Waals surface area contributed by atoms with Crippen molar-refractivity contribution in [2.75, 3.05) is 0 Å². The molecule has 0 heterocycles. The highest BCUT2D eigenvalue weighted by atomic mass is 16.4. The molecular weight excluding hydrogens is 284 g/mol. The minimum Gasteiger partial charge on any atom is -0.481 e. The summed E-state index contributed by atoms with van der Waals surface area (Å²) in [5, 5.41) is 9.29. The average Bonchev–Trinajstić information content (AvgIpc) is 3.21. The molecule has 0 radical (unpaired) electrons. The van der Waals surface area contributed by atoms with E-state index in [1.54, 1.807) is 0 Å². The van der Waals surface area contributed by atoms with Crippen LogP contribution in [-0.4, -0.2) is 11.1 Å². The third-order valence-electron chi connectivity index (χ3n) is 5.27. The second-order valence-corrected chi connectivity index (χ2v) is 8.57. The summed E-state index contributed by atoms with van der Waals surface area (Å²) in [7, 11) is 0. The molecule has 0 unspecified atom stereocenters. The molecule has 0 amide bonds. The van der Waals surface area contributed by atoms with Gasteiger partial charge in [0.15, 0.2) is 0 Å². The number of benzene rings is 1. The zero-order valence-electron chi connectivity index (χ0n) is 15.2. The number of aryl methyl sites for hydroxylation is 2. The monoisotopic (exact) mass is 316 g/mol. The molecule has 2 rings (SSSR count). The molecule has 1 aliphatic rings. The number of carbonyl (C=O) groups is 1. The van der Waals surface area contributed by atoms with Crippen molar-refractivity contribution in [2.24, 2.45) is 10.8 Å². The van der Waals surface area contributed by atoms with Crippen LogP contribution in [0.2, 0.25) is 0 Å². The van der Waals surface area contributed by atoms with Crippen LogP contribution in [-0.2, 0) is 17.6 Å². The number of hydrogen-bond donors (Lipinski definition) is 1. The van der Waals surface area contributed by atoms with Gasteiger partial charge in [-0.05, 0) is 80.4 Å². The van der Waals surface area contributed by atoms with Gasteiger partial charge < -0.3 is 5.11 Å². The highest BCUT2D eigenvalue weighted by molar-refractivity contribution is 5.77. The minimum atomic E-state index is -0.591. The van der Waals surface area contributed by atoms with Gasteiger partial charge in [-0.1, -0.05) is 39.0 Å². The Balaban J connectivity index is 1.93. The lowest BCUT2D eigenvalue weighted by Crippen LogP contribution is -2.14. The zero-order chi connectivity index (χ0) is 17.1. The molecule has 1 aromatic carbocycles. The van der Waals surface area contributed by atoms with E-state index >= 15 is 0 Å². The molecule has 0 aliphatic heterocycles. The van der Waals surface area contributed by atoms with E-state index in [2.05, 4.69) is 45.9 Å². The van der Waals surface area contributed by atoms with E-state index in [4.69, 9.17) is 0 Å². The van der Waals surface area contributed by atoms with Gasteiger partial charge in [0, 0.05) is 0 Å². The fourth-order valence-electron chi connectivity index (χ4n) is 3.49. The zero-order valence-corrected chi connectivity index (χ0v) is 15.2. The molecule has 0 bridgehead atoms. The summed E-state index contributed by atoms with van der Waals surface area (Å²) < 4.78 is 0. The first-order chi connectivity index (χ1) is 10.7. The summed E-state index contributed by atoms with van der Waals surface area (Å²) in [5.41, 5.74) is 4.33. The lowest BCUT2D eigenvalue weighted by molar-refractivity contribution is -0.143. The van der Waals surface area contributed by atoms with E-state index in [0.29, 0.717) is 5.41 Å². The second kappa shape index (κ2) is 7.07. The average molecular weight is 316 g/mol. The lowest BCUT2D eigenvalue weighted by atomic mass is 9.86. The maximum absolute atomic E-state index is 11.3. The molecule has 1 saturated carbocycles. The van der Waals surface area contributed by atoms with Gasteiger partial charge in [0.2, 0.25) is 0 Å². The quantitative estimate of drug-likeness (QED) is 0.682. The molecule has 0 spiro atoms. The molecule has 1 aromatic rings. The van der Waals surface area contributed by atoms with Crippen molar-refractivity contribution in [1.82, 2.24) is 0 Å². The summed E-state index contributed by atoms with van der Waals surface area (Å²) >= 11 is 0. The molecule has 1 N–H and O–H groups in total. The second-order valence-electron chi connectivity index (χ2n) is 8.57. The van der Waals surface area contributed by atoms with Crippen molar-refractivity contribution in [2.45, 2.75) is 79.1 Å². The Morgan fingerprint density at radius 3 is 2.43 bits per heavy atom. The summed E-state index contributed by atoms with van der Waals surface area (Å²) in [6.45, 7) is 9.10. The normalized spacial score (nSPS) is 16.3. The maximum atomic E-state index is 11.3. The summed E-state index contributed by atoms with van der Waals surface area (Å²) in [4.78, 5) is 11.3. The van der Waals surface area contributed by atoms with E-state index in [0.717, 1.165) is 38.5 Å². The van der Waals surface area contributed by atoms with Crippen molar-refractivity contribution < 1.29 is 9.90 Å². The number of rotatable bonds is 8. The fraction of sp³-hybridized carbons (Fsp3) is 0.667. The number of aliphatic carboxylic acids is 1. The summed E-state index contributed by atoms with van der Waals surface area (Å²) in [6.07, 6.45) is 8.18. The standard InChI is InChI=1S/C21H32O2/c1-16-8-5-9-17(18(16)11-7-12-20(2,3)4)10-6-13-21(14-15-21)19(22)23/h5,8-9H,6-7,10-15H2,1-4H3,(H,22,23). The van der Waals surface area contributed by atoms with Crippen molar-refractivity contribution in [3.63, 3.8) is 0 Å². The number of carboxylic acid groups (broad SMARTS) is 1. The van der Waals surface area contributed by atoms with Crippen LogP contribution in [0.25, 0.3) is 0 Å². The van der Waals surface area contributed by atoms with Gasteiger partial charge in [-0.2, -0.15) is 0 Å². The van der Waals surface area contributed by atoms with Crippen LogP contribution in [0.4, 0.5) is 0 Å². The van der Waals surface area contributed by atoms with E-state index < -0.39 is 5.97 Å². The Kier molecular flexibility index (Phi) is 5.54. The fourth-order valence-corrected chi connectivity index (χ4v) is 3.49. The van der Waals surface area contributed by atoms with Gasteiger partial charge in [0.1, 0.15) is 0 Å². The van der Waals surface area contributed by atoms with Gasteiger partial charge in [0.25, 0.3) is 0 Å². The molecule has 1 aliphatic carbocycles. The van der Waals surface area contributed by atoms with Crippen LogP contribution in [0.1, 0.15) is 76.0 Å². The summed E-state index contributed by atoms with van der Waals surface area (Å²) in [6, 6.07) is 6.58. The van der Waals surface area contributed by atoms with Crippen molar-refractivity contribution >= 4 is 5.97 Å². The Labute approximate surface area is 141 Å². The topological polar surface area (TPSA) is 37.3 Å². The van der Waals surface area contributed by atoms with Crippen molar-refractivity contribution in [3.8, 4) is 0 Å². The first-order valence-corrected chi connectivity index (χ1v) is 9.04. The first kappa shape index (κ1) is 18.0. The Morgan fingerprint density at radius 1 is 1.17 bits per heavy atom. The van der Waals surface area contributed by atoms with Gasteiger partial charge in [-0.3, -0.25) is 4.79 Å². The summed E-state index contributed by atoms with van der Waals surface area (Å²) in [5.74, 6) is -0.591. The van der Waals surface area contributed by atoms with E-state index in [1.807, 2.05) is 0 Å². The van der Waals surface area contributed by atoms with Gasteiger partial charge in [0.05, 0.1) is 5.41 Å². The number of hydrogen-bond acceptors (Lipinski definition) is 1. The van der Waals surface area contributed by atoms with Gasteiger partial charge >= 0.3 is 5.97 Å². The molecule has 1 fully saturated rings. The number of carboxylic acids is 1. The third-order valence-corrected chi connectivity index (χ3v) is 5.27. The maximum Gasteiger partial charge on any atom is 0.309 e. The predicted molar refractivity (Wildman–Crippen MR) is 95.8 cm³/mol. The minimum absolute atomic E-state index is 0.379. The van der Waals surface area contributed by atoms with Crippen LogP contribution in [0.5, 0.6) is 0 Å². The lowest BCUT2D eigenvalue weighted by Gasteiger charge is -2.19. The van der Waals surface area contributed by atoms with E-state index in [1.165, 1.54) is 29.5 Å². The van der Waals surface area contributed by atoms with Crippen LogP contribution in [0.3, 0.4) is 0 Å². The van der Waals surface area contributed by atoms with Crippen LogP contribution < -0.4 is 0 Å². The SMILES string of the molecule is Cc1cccc(CCCC2(C(=O)O)CC2)c1CCCC(C)(C)C. The predicted octanol–water partition coefficient (Wildman–Crippen LogP) is 5.55. The highest BCUT2D eigenvalue weighted by Gasteiger charge is 2.49. The molecule has 2 heteroatoms. The highest BCUT2D eigenvalue weighted by Crippen LogP contribution is 2.50. The van der Waals surface area contributed by atoms with Gasteiger partial charge in [-0.25, -0.2) is 0 Å². The van der Waals surface area contributed by atoms with Crippen molar-refractivity contribution in [3.05, 3.63) is 34.9 Å². The first-order valence-electron chi connectivity index (χ1n) is 9.04. The van der Waals surface area contributed by atoms with Crippen LogP contribution >= 0.6 is 0 Å². The molecule has 128 valence electrons. The molecule has 0 saturated heterocycles. The smallest absolute Gasteiger partial charge is 0.309 e. The third kappa shape index (κ3) is 5.09. The van der Waals surface area contributed by atoms with Gasteiger partial charge in [-0.15, -0.1) is 0 Å². The molecule has 2 nitrogen and oxygen atoms in total. The molecule has 0 aromatic heterocycles. The Morgan fingerprint density at radius 2 is 1.87 bits per heavy atom. The Hall–Kier alpha value is -1.31. The molecule has 0 atom stereocenters. The van der Waals surface area contributed by atoms with Crippen LogP contribution in [0, 0.1) is 17.8 Å². The van der Waals surface area contributed by atoms with Crippen LogP contribution in [0.15, 0.2) is 18.2 Å². The van der Waals surface area contributed by atoms with E-state index in [-0.39, 0.29) is 5.41 Å². The van der Waals surface area contributed by atoms with Crippen molar-refractivity contribution in [1.29, 1.82) is 0 Å². The molecule has 23 heavy (non-hydrogen) atoms. The molecular formula is C21H32O2. The van der Waals surface area contributed by atoms with E-state index in [9.17, 15) is 9.90 Å².